The Bertz CT molecular complexity index is 655. The second kappa shape index (κ2) is 8.16. The number of aromatic nitrogens is 1. The van der Waals surface area contributed by atoms with E-state index in [9.17, 15) is 8.42 Å². The van der Waals surface area contributed by atoms with Gasteiger partial charge in [-0.3, -0.25) is 4.99 Å². The van der Waals surface area contributed by atoms with Gasteiger partial charge in [0.25, 0.3) is 0 Å². The van der Waals surface area contributed by atoms with Gasteiger partial charge in [-0.2, -0.15) is 0 Å². The van der Waals surface area contributed by atoms with Gasteiger partial charge in [0.15, 0.2) is 5.96 Å². The van der Waals surface area contributed by atoms with Crippen LogP contribution in [-0.2, 0) is 17.1 Å². The second-order valence-corrected chi connectivity index (χ2v) is 7.22. The van der Waals surface area contributed by atoms with Crippen LogP contribution in [0.3, 0.4) is 0 Å². The lowest BCUT2D eigenvalue weighted by Gasteiger charge is -2.16. The summed E-state index contributed by atoms with van der Waals surface area (Å²) in [6.07, 6.45) is 9.56. The van der Waals surface area contributed by atoms with E-state index in [2.05, 4.69) is 32.5 Å². The average Bonchev–Trinajstić information content (AvgIpc) is 3.15. The van der Waals surface area contributed by atoms with Crippen molar-refractivity contribution < 1.29 is 8.42 Å². The Morgan fingerprint density at radius 3 is 2.74 bits per heavy atom. The van der Waals surface area contributed by atoms with Crippen molar-refractivity contribution >= 4 is 16.0 Å². The Balaban J connectivity index is 1.83. The zero-order valence-electron chi connectivity index (χ0n) is 13.6. The van der Waals surface area contributed by atoms with E-state index in [-0.39, 0.29) is 11.4 Å². The van der Waals surface area contributed by atoms with Crippen molar-refractivity contribution in [1.82, 2.24) is 19.9 Å². The number of sulfonamides is 1. The van der Waals surface area contributed by atoms with Crippen LogP contribution in [-0.4, -0.2) is 44.6 Å². The monoisotopic (exact) mass is 339 g/mol. The fourth-order valence-electron chi connectivity index (χ4n) is 2.32. The predicted molar refractivity (Wildman–Crippen MR) is 91.9 cm³/mol. The SMILES string of the molecule is CCNC(=NCCNS(=O)(=O)c1ccn(C)c1)NC1CC=CC1. The molecule has 2 rings (SSSR count). The molecule has 0 saturated heterocycles. The molecule has 1 heterocycles. The van der Waals surface area contributed by atoms with E-state index in [4.69, 9.17) is 0 Å². The molecule has 1 aromatic rings. The molecule has 0 fully saturated rings. The summed E-state index contributed by atoms with van der Waals surface area (Å²) in [5.74, 6) is 0.722. The van der Waals surface area contributed by atoms with E-state index >= 15 is 0 Å². The predicted octanol–water partition coefficient (Wildman–Crippen LogP) is 0.577. The molecular formula is C15H25N5O2S. The normalized spacial score (nSPS) is 16.0. The highest BCUT2D eigenvalue weighted by molar-refractivity contribution is 7.89. The first kappa shape index (κ1) is 17.6. The molecule has 1 aromatic heterocycles. The van der Waals surface area contributed by atoms with Crippen molar-refractivity contribution in [2.24, 2.45) is 12.0 Å². The number of aliphatic imine (C=N–C) groups is 1. The standard InChI is InChI=1S/C15H25N5O2S/c1-3-16-15(19-13-6-4-5-7-13)17-9-10-18-23(21,22)14-8-11-20(2)12-14/h4-5,8,11-13,18H,3,6-7,9-10H2,1-2H3,(H2,16,17,19). The molecule has 0 amide bonds. The molecule has 0 spiro atoms. The highest BCUT2D eigenvalue weighted by Gasteiger charge is 2.14. The molecule has 0 atom stereocenters. The highest BCUT2D eigenvalue weighted by Crippen LogP contribution is 2.09. The largest absolute Gasteiger partial charge is 0.357 e. The Kier molecular flexibility index (Phi) is 6.23. The molecule has 7 nitrogen and oxygen atoms in total. The van der Waals surface area contributed by atoms with E-state index in [0.29, 0.717) is 12.6 Å². The van der Waals surface area contributed by atoms with Gasteiger partial charge in [-0.05, 0) is 25.8 Å². The summed E-state index contributed by atoms with van der Waals surface area (Å²) in [6.45, 7) is 3.40. The molecule has 1 aliphatic carbocycles. The summed E-state index contributed by atoms with van der Waals surface area (Å²) in [5, 5.41) is 6.52. The van der Waals surface area contributed by atoms with E-state index in [1.54, 1.807) is 30.1 Å². The van der Waals surface area contributed by atoms with Gasteiger partial charge in [-0.1, -0.05) is 12.2 Å². The molecule has 23 heavy (non-hydrogen) atoms. The minimum absolute atomic E-state index is 0.261. The van der Waals surface area contributed by atoms with Crippen LogP contribution >= 0.6 is 0 Å². The summed E-state index contributed by atoms with van der Waals surface area (Å²) >= 11 is 0. The third kappa shape index (κ3) is 5.40. The molecule has 0 saturated carbocycles. The van der Waals surface area contributed by atoms with Crippen molar-refractivity contribution in [3.63, 3.8) is 0 Å². The van der Waals surface area contributed by atoms with Crippen LogP contribution in [0.25, 0.3) is 0 Å². The number of guanidine groups is 1. The maximum Gasteiger partial charge on any atom is 0.242 e. The summed E-state index contributed by atoms with van der Waals surface area (Å²) in [7, 11) is -1.68. The molecule has 3 N–H and O–H groups in total. The lowest BCUT2D eigenvalue weighted by molar-refractivity contribution is 0.581. The van der Waals surface area contributed by atoms with Crippen LogP contribution < -0.4 is 15.4 Å². The maximum absolute atomic E-state index is 12.1. The minimum Gasteiger partial charge on any atom is -0.357 e. The van der Waals surface area contributed by atoms with Gasteiger partial charge in [0, 0.05) is 38.6 Å². The average molecular weight is 339 g/mol. The zero-order valence-corrected chi connectivity index (χ0v) is 14.4. The molecule has 0 aliphatic heterocycles. The smallest absolute Gasteiger partial charge is 0.242 e. The third-order valence-corrected chi connectivity index (χ3v) is 4.93. The number of aryl methyl sites for hydroxylation is 1. The van der Waals surface area contributed by atoms with Gasteiger partial charge in [-0.15, -0.1) is 0 Å². The quantitative estimate of drug-likeness (QED) is 0.293. The van der Waals surface area contributed by atoms with E-state index in [0.717, 1.165) is 25.3 Å². The molecule has 0 bridgehead atoms. The molecule has 0 aromatic carbocycles. The van der Waals surface area contributed by atoms with Crippen molar-refractivity contribution in [2.45, 2.75) is 30.7 Å². The molecule has 0 radical (unpaired) electrons. The molecule has 0 unspecified atom stereocenters. The van der Waals surface area contributed by atoms with Crippen LogP contribution in [0.1, 0.15) is 19.8 Å². The zero-order chi connectivity index (χ0) is 16.7. The lowest BCUT2D eigenvalue weighted by Crippen LogP contribution is -2.42. The van der Waals surface area contributed by atoms with Gasteiger partial charge in [-0.25, -0.2) is 13.1 Å². The first-order chi connectivity index (χ1) is 11.0. The van der Waals surface area contributed by atoms with Crippen LogP contribution in [0.5, 0.6) is 0 Å². The fraction of sp³-hybridized carbons (Fsp3) is 0.533. The first-order valence-corrected chi connectivity index (χ1v) is 9.31. The van der Waals surface area contributed by atoms with Gasteiger partial charge in [0.1, 0.15) is 0 Å². The molecular weight excluding hydrogens is 314 g/mol. The van der Waals surface area contributed by atoms with Crippen molar-refractivity contribution in [3.05, 3.63) is 30.6 Å². The number of nitrogens with one attached hydrogen (secondary N) is 3. The number of hydrogen-bond acceptors (Lipinski definition) is 3. The second-order valence-electron chi connectivity index (χ2n) is 5.46. The Labute approximate surface area is 137 Å². The summed E-state index contributed by atoms with van der Waals surface area (Å²) in [6, 6.07) is 1.94. The Hall–Kier alpha value is -1.80. The number of nitrogens with zero attached hydrogens (tertiary/aromatic N) is 2. The van der Waals surface area contributed by atoms with Crippen LogP contribution in [0.4, 0.5) is 0 Å². The van der Waals surface area contributed by atoms with Crippen LogP contribution in [0.2, 0.25) is 0 Å². The third-order valence-electron chi connectivity index (χ3n) is 3.48. The van der Waals surface area contributed by atoms with Crippen LogP contribution in [0.15, 0.2) is 40.5 Å². The minimum atomic E-state index is -3.46. The fourth-order valence-corrected chi connectivity index (χ4v) is 3.39. The van der Waals surface area contributed by atoms with Crippen molar-refractivity contribution in [3.8, 4) is 0 Å². The summed E-state index contributed by atoms with van der Waals surface area (Å²) in [4.78, 5) is 4.68. The molecule has 128 valence electrons. The topological polar surface area (TPSA) is 87.5 Å². The Morgan fingerprint density at radius 1 is 1.39 bits per heavy atom. The first-order valence-electron chi connectivity index (χ1n) is 7.82. The van der Waals surface area contributed by atoms with Crippen LogP contribution in [0, 0.1) is 0 Å². The van der Waals surface area contributed by atoms with Gasteiger partial charge in [0.2, 0.25) is 10.0 Å². The van der Waals surface area contributed by atoms with Gasteiger partial charge >= 0.3 is 0 Å². The molecule has 8 heteroatoms. The lowest BCUT2D eigenvalue weighted by atomic mass is 10.2. The Morgan fingerprint density at radius 2 is 2.13 bits per heavy atom. The van der Waals surface area contributed by atoms with E-state index in [1.165, 1.54) is 0 Å². The molecule has 1 aliphatic rings. The summed E-state index contributed by atoms with van der Waals surface area (Å²) < 4.78 is 28.4. The van der Waals surface area contributed by atoms with E-state index < -0.39 is 10.0 Å². The van der Waals surface area contributed by atoms with Crippen molar-refractivity contribution in [1.29, 1.82) is 0 Å². The van der Waals surface area contributed by atoms with Crippen molar-refractivity contribution in [2.75, 3.05) is 19.6 Å². The van der Waals surface area contributed by atoms with Gasteiger partial charge in [0.05, 0.1) is 11.4 Å². The highest BCUT2D eigenvalue weighted by atomic mass is 32.2. The van der Waals surface area contributed by atoms with Gasteiger partial charge < -0.3 is 15.2 Å². The maximum atomic E-state index is 12.1. The van der Waals surface area contributed by atoms with E-state index in [1.807, 2.05) is 6.92 Å². The number of rotatable bonds is 7. The number of hydrogen-bond donors (Lipinski definition) is 3. The summed E-state index contributed by atoms with van der Waals surface area (Å²) in [5.41, 5.74) is 0.